The van der Waals surface area contributed by atoms with Crippen LogP contribution in [0.2, 0.25) is 10.0 Å². The Morgan fingerprint density at radius 2 is 2.11 bits per heavy atom. The van der Waals surface area contributed by atoms with E-state index in [0.29, 0.717) is 10.0 Å². The molecule has 1 atom stereocenters. The third kappa shape index (κ3) is 4.68. The van der Waals surface area contributed by atoms with Gasteiger partial charge in [0.25, 0.3) is 0 Å². The van der Waals surface area contributed by atoms with Gasteiger partial charge in [-0.3, -0.25) is 0 Å². The summed E-state index contributed by atoms with van der Waals surface area (Å²) in [5.41, 5.74) is 0. The number of hydrogen-bond acceptors (Lipinski definition) is 2. The SMILES string of the molecule is CC(CCCNC1CC1)Oc1ccc(Cl)c(Cl)c1. The number of hydrogen-bond donors (Lipinski definition) is 1. The van der Waals surface area contributed by atoms with Gasteiger partial charge in [-0.25, -0.2) is 0 Å². The fourth-order valence-electron chi connectivity index (χ4n) is 1.82. The highest BCUT2D eigenvalue weighted by molar-refractivity contribution is 6.42. The number of benzene rings is 1. The molecule has 0 heterocycles. The largest absolute Gasteiger partial charge is 0.491 e. The molecule has 1 fully saturated rings. The average molecular weight is 288 g/mol. The molecule has 1 unspecified atom stereocenters. The number of ether oxygens (including phenoxy) is 1. The standard InChI is InChI=1S/C14H19Cl2NO/c1-10(3-2-8-17-11-4-5-11)18-12-6-7-13(15)14(16)9-12/h6-7,9-11,17H,2-5,8H2,1H3. The maximum atomic E-state index is 5.94. The molecule has 1 N–H and O–H groups in total. The molecule has 0 bridgehead atoms. The first-order valence-corrected chi connectivity index (χ1v) is 7.26. The molecule has 2 rings (SSSR count). The molecule has 2 nitrogen and oxygen atoms in total. The molecule has 0 amide bonds. The summed E-state index contributed by atoms with van der Waals surface area (Å²) in [6.45, 7) is 3.17. The summed E-state index contributed by atoms with van der Waals surface area (Å²) in [7, 11) is 0. The molecule has 1 aliphatic rings. The van der Waals surface area contributed by atoms with Gasteiger partial charge in [0.05, 0.1) is 16.1 Å². The van der Waals surface area contributed by atoms with Crippen molar-refractivity contribution in [1.29, 1.82) is 0 Å². The summed E-state index contributed by atoms with van der Waals surface area (Å²) in [6.07, 6.45) is 5.06. The van der Waals surface area contributed by atoms with Crippen LogP contribution in [0.4, 0.5) is 0 Å². The quantitative estimate of drug-likeness (QED) is 0.756. The molecule has 0 saturated heterocycles. The van der Waals surface area contributed by atoms with Gasteiger partial charge >= 0.3 is 0 Å². The molecule has 4 heteroatoms. The molecule has 0 radical (unpaired) electrons. The molecule has 1 aliphatic carbocycles. The fourth-order valence-corrected chi connectivity index (χ4v) is 2.11. The molecule has 100 valence electrons. The van der Waals surface area contributed by atoms with Gasteiger partial charge < -0.3 is 10.1 Å². The average Bonchev–Trinajstić information content (AvgIpc) is 3.14. The molecular weight excluding hydrogens is 269 g/mol. The molecular formula is C14H19Cl2NO. The predicted octanol–water partition coefficient (Wildman–Crippen LogP) is 4.29. The molecule has 0 aromatic heterocycles. The predicted molar refractivity (Wildman–Crippen MR) is 76.8 cm³/mol. The van der Waals surface area contributed by atoms with Gasteiger partial charge in [0, 0.05) is 12.1 Å². The lowest BCUT2D eigenvalue weighted by molar-refractivity contribution is 0.207. The zero-order chi connectivity index (χ0) is 13.0. The maximum absolute atomic E-state index is 5.94. The molecule has 0 aliphatic heterocycles. The van der Waals surface area contributed by atoms with E-state index in [-0.39, 0.29) is 6.10 Å². The zero-order valence-corrected chi connectivity index (χ0v) is 12.1. The van der Waals surface area contributed by atoms with Crippen LogP contribution in [0.3, 0.4) is 0 Å². The normalized spacial score (nSPS) is 16.6. The summed E-state index contributed by atoms with van der Waals surface area (Å²) in [5.74, 6) is 0.784. The van der Waals surface area contributed by atoms with Crippen molar-refractivity contribution in [3.63, 3.8) is 0 Å². The van der Waals surface area contributed by atoms with Crippen LogP contribution in [0, 0.1) is 0 Å². The second-order valence-corrected chi connectivity index (χ2v) is 5.69. The van der Waals surface area contributed by atoms with E-state index >= 15 is 0 Å². The van der Waals surface area contributed by atoms with Crippen LogP contribution in [0.1, 0.15) is 32.6 Å². The van der Waals surface area contributed by atoms with Crippen molar-refractivity contribution in [3.8, 4) is 5.75 Å². The number of nitrogens with one attached hydrogen (secondary N) is 1. The molecule has 1 saturated carbocycles. The van der Waals surface area contributed by atoms with Gasteiger partial charge in [-0.05, 0) is 51.3 Å². The van der Waals surface area contributed by atoms with E-state index in [1.54, 1.807) is 12.1 Å². The minimum absolute atomic E-state index is 0.197. The van der Waals surface area contributed by atoms with E-state index in [0.717, 1.165) is 31.2 Å². The number of rotatable bonds is 7. The van der Waals surface area contributed by atoms with Gasteiger partial charge in [0.15, 0.2) is 0 Å². The Morgan fingerprint density at radius 3 is 2.78 bits per heavy atom. The van der Waals surface area contributed by atoms with Crippen LogP contribution in [0.15, 0.2) is 18.2 Å². The Labute approximate surface area is 119 Å². The van der Waals surface area contributed by atoms with Crippen molar-refractivity contribution in [2.75, 3.05) is 6.54 Å². The lowest BCUT2D eigenvalue weighted by atomic mass is 10.2. The minimum atomic E-state index is 0.197. The summed E-state index contributed by atoms with van der Waals surface area (Å²) < 4.78 is 5.80. The van der Waals surface area contributed by atoms with E-state index in [1.807, 2.05) is 6.07 Å². The highest BCUT2D eigenvalue weighted by atomic mass is 35.5. The highest BCUT2D eigenvalue weighted by Gasteiger charge is 2.19. The lowest BCUT2D eigenvalue weighted by Crippen LogP contribution is -2.20. The Morgan fingerprint density at radius 1 is 1.33 bits per heavy atom. The molecule has 18 heavy (non-hydrogen) atoms. The smallest absolute Gasteiger partial charge is 0.121 e. The zero-order valence-electron chi connectivity index (χ0n) is 10.6. The van der Waals surface area contributed by atoms with Crippen LogP contribution in [0.5, 0.6) is 5.75 Å². The van der Waals surface area contributed by atoms with Crippen LogP contribution in [-0.4, -0.2) is 18.7 Å². The second-order valence-electron chi connectivity index (χ2n) is 4.88. The van der Waals surface area contributed by atoms with Crippen LogP contribution in [0.25, 0.3) is 0 Å². The Hall–Kier alpha value is -0.440. The van der Waals surface area contributed by atoms with E-state index in [4.69, 9.17) is 27.9 Å². The first kappa shape index (κ1) is 14.0. The monoisotopic (exact) mass is 287 g/mol. The highest BCUT2D eigenvalue weighted by Crippen LogP contribution is 2.27. The third-order valence-electron chi connectivity index (χ3n) is 3.03. The Bertz CT molecular complexity index is 393. The van der Waals surface area contributed by atoms with Crippen molar-refractivity contribution in [2.45, 2.75) is 44.8 Å². The van der Waals surface area contributed by atoms with E-state index in [9.17, 15) is 0 Å². The van der Waals surface area contributed by atoms with Crippen molar-refractivity contribution < 1.29 is 4.74 Å². The second kappa shape index (κ2) is 6.65. The van der Waals surface area contributed by atoms with E-state index in [2.05, 4.69) is 12.2 Å². The first-order valence-electron chi connectivity index (χ1n) is 6.50. The van der Waals surface area contributed by atoms with Gasteiger partial charge in [-0.15, -0.1) is 0 Å². The molecule has 1 aromatic rings. The lowest BCUT2D eigenvalue weighted by Gasteiger charge is -2.15. The maximum Gasteiger partial charge on any atom is 0.121 e. The summed E-state index contributed by atoms with van der Waals surface area (Å²) in [4.78, 5) is 0. The topological polar surface area (TPSA) is 21.3 Å². The van der Waals surface area contributed by atoms with Crippen molar-refractivity contribution in [2.24, 2.45) is 0 Å². The minimum Gasteiger partial charge on any atom is -0.491 e. The van der Waals surface area contributed by atoms with Crippen molar-refractivity contribution >= 4 is 23.2 Å². The van der Waals surface area contributed by atoms with Gasteiger partial charge in [-0.1, -0.05) is 23.2 Å². The number of halogens is 2. The van der Waals surface area contributed by atoms with E-state index < -0.39 is 0 Å². The summed E-state index contributed by atoms with van der Waals surface area (Å²) in [6, 6.07) is 6.17. The summed E-state index contributed by atoms with van der Waals surface area (Å²) >= 11 is 11.8. The Balaban J connectivity index is 1.68. The fraction of sp³-hybridized carbons (Fsp3) is 0.571. The summed E-state index contributed by atoms with van der Waals surface area (Å²) in [5, 5.41) is 4.60. The van der Waals surface area contributed by atoms with Gasteiger partial charge in [0.1, 0.15) is 5.75 Å². The van der Waals surface area contributed by atoms with Crippen LogP contribution < -0.4 is 10.1 Å². The van der Waals surface area contributed by atoms with Crippen LogP contribution in [-0.2, 0) is 0 Å². The first-order chi connectivity index (χ1) is 8.65. The van der Waals surface area contributed by atoms with Crippen LogP contribution >= 0.6 is 23.2 Å². The Kier molecular flexibility index (Phi) is 5.16. The third-order valence-corrected chi connectivity index (χ3v) is 3.77. The van der Waals surface area contributed by atoms with Crippen molar-refractivity contribution in [1.82, 2.24) is 5.32 Å². The molecule has 1 aromatic carbocycles. The molecule has 0 spiro atoms. The van der Waals surface area contributed by atoms with Crippen molar-refractivity contribution in [3.05, 3.63) is 28.2 Å². The van der Waals surface area contributed by atoms with Gasteiger partial charge in [-0.2, -0.15) is 0 Å². The van der Waals surface area contributed by atoms with E-state index in [1.165, 1.54) is 12.8 Å². The van der Waals surface area contributed by atoms with Gasteiger partial charge in [0.2, 0.25) is 0 Å².